The lowest BCUT2D eigenvalue weighted by molar-refractivity contribution is 0.168. The fourth-order valence-electron chi connectivity index (χ4n) is 2.48. The molecule has 2 aromatic rings. The number of carbonyl (C=O) groups is 1. The summed E-state index contributed by atoms with van der Waals surface area (Å²) in [5.74, 6) is 0.849. The Labute approximate surface area is 143 Å². The molecular formula is C20H25NO3. The van der Waals surface area contributed by atoms with E-state index in [4.69, 9.17) is 9.47 Å². The lowest BCUT2D eigenvalue weighted by Crippen LogP contribution is -2.15. The summed E-state index contributed by atoms with van der Waals surface area (Å²) in [4.78, 5) is 11.8. The van der Waals surface area contributed by atoms with Crippen LogP contribution in [-0.2, 0) is 17.8 Å². The molecule has 0 aliphatic heterocycles. The summed E-state index contributed by atoms with van der Waals surface area (Å²) < 4.78 is 10.9. The minimum Gasteiger partial charge on any atom is -0.489 e. The highest BCUT2D eigenvalue weighted by atomic mass is 16.5. The Morgan fingerprint density at radius 2 is 1.88 bits per heavy atom. The van der Waals surface area contributed by atoms with Crippen LogP contribution >= 0.6 is 0 Å². The van der Waals surface area contributed by atoms with Crippen LogP contribution in [0, 0.1) is 13.8 Å². The Morgan fingerprint density at radius 1 is 1.08 bits per heavy atom. The van der Waals surface area contributed by atoms with Gasteiger partial charge in [0.1, 0.15) is 12.4 Å². The van der Waals surface area contributed by atoms with E-state index >= 15 is 0 Å². The fourth-order valence-corrected chi connectivity index (χ4v) is 2.48. The first-order valence-corrected chi connectivity index (χ1v) is 8.29. The van der Waals surface area contributed by atoms with E-state index in [2.05, 4.69) is 31.3 Å². The zero-order chi connectivity index (χ0) is 17.5. The molecule has 0 spiro atoms. The third-order valence-electron chi connectivity index (χ3n) is 3.81. The van der Waals surface area contributed by atoms with Crippen molar-refractivity contribution in [2.45, 2.75) is 40.7 Å². The van der Waals surface area contributed by atoms with Gasteiger partial charge in [0, 0.05) is 5.56 Å². The molecule has 0 aliphatic rings. The van der Waals surface area contributed by atoms with E-state index in [-0.39, 0.29) is 0 Å². The van der Waals surface area contributed by atoms with Crippen molar-refractivity contribution in [3.05, 3.63) is 58.7 Å². The number of amides is 1. The molecule has 4 heteroatoms. The fraction of sp³-hybridized carbons (Fsp3) is 0.350. The van der Waals surface area contributed by atoms with Crippen LogP contribution in [0.1, 0.15) is 36.1 Å². The Bertz CT molecular complexity index is 710. The summed E-state index contributed by atoms with van der Waals surface area (Å²) in [6.07, 6.45) is 0.453. The van der Waals surface area contributed by atoms with Gasteiger partial charge in [-0.05, 0) is 50.5 Å². The van der Waals surface area contributed by atoms with Gasteiger partial charge in [0.15, 0.2) is 0 Å². The smallest absolute Gasteiger partial charge is 0.411 e. The molecule has 128 valence electrons. The van der Waals surface area contributed by atoms with E-state index < -0.39 is 6.09 Å². The number of nitrogens with one attached hydrogen (secondary N) is 1. The number of aryl methyl sites for hydroxylation is 3. The third-order valence-corrected chi connectivity index (χ3v) is 3.81. The van der Waals surface area contributed by atoms with Gasteiger partial charge in [-0.2, -0.15) is 0 Å². The average Bonchev–Trinajstić information content (AvgIpc) is 2.55. The molecule has 0 saturated heterocycles. The number of benzene rings is 2. The predicted octanol–water partition coefficient (Wildman–Crippen LogP) is 5.01. The van der Waals surface area contributed by atoms with Gasteiger partial charge < -0.3 is 9.47 Å². The van der Waals surface area contributed by atoms with Crippen LogP contribution in [-0.4, -0.2) is 12.7 Å². The highest BCUT2D eigenvalue weighted by Gasteiger charge is 2.10. The Kier molecular flexibility index (Phi) is 6.24. The number of hydrogen-bond acceptors (Lipinski definition) is 3. The standard InChI is InChI=1S/C20H25NO3/c1-5-16-8-9-17(18(12-16)21-20(22)23-6-2)13-24-19-10-7-14(3)11-15(19)4/h7-12H,5-6,13H2,1-4H3,(H,21,22). The second-order valence-electron chi connectivity index (χ2n) is 5.75. The molecule has 0 saturated carbocycles. The maximum absolute atomic E-state index is 11.8. The lowest BCUT2D eigenvalue weighted by Gasteiger charge is -2.15. The molecule has 0 fully saturated rings. The van der Waals surface area contributed by atoms with E-state index in [1.807, 2.05) is 31.2 Å². The lowest BCUT2D eigenvalue weighted by atomic mass is 10.1. The van der Waals surface area contributed by atoms with Gasteiger partial charge in [-0.15, -0.1) is 0 Å². The minimum atomic E-state index is -0.446. The van der Waals surface area contributed by atoms with Crippen molar-refractivity contribution in [1.29, 1.82) is 0 Å². The first kappa shape index (κ1) is 17.9. The summed E-state index contributed by atoms with van der Waals surface area (Å²) in [6, 6.07) is 12.1. The SMILES string of the molecule is CCOC(=O)Nc1cc(CC)ccc1COc1ccc(C)cc1C. The van der Waals surface area contributed by atoms with Crippen LogP contribution in [0.4, 0.5) is 10.5 Å². The monoisotopic (exact) mass is 327 g/mol. The van der Waals surface area contributed by atoms with Crippen LogP contribution in [0.5, 0.6) is 5.75 Å². The quantitative estimate of drug-likeness (QED) is 0.811. The third kappa shape index (κ3) is 4.75. The topological polar surface area (TPSA) is 47.6 Å². The largest absolute Gasteiger partial charge is 0.489 e. The summed E-state index contributed by atoms with van der Waals surface area (Å²) >= 11 is 0. The molecule has 24 heavy (non-hydrogen) atoms. The van der Waals surface area contributed by atoms with Crippen molar-refractivity contribution >= 4 is 11.8 Å². The molecule has 2 aromatic carbocycles. The number of anilines is 1. The molecule has 0 aliphatic carbocycles. The number of carbonyl (C=O) groups excluding carboxylic acids is 1. The van der Waals surface area contributed by atoms with Crippen molar-refractivity contribution in [3.63, 3.8) is 0 Å². The zero-order valence-electron chi connectivity index (χ0n) is 14.8. The first-order valence-electron chi connectivity index (χ1n) is 8.29. The van der Waals surface area contributed by atoms with Gasteiger partial charge in [-0.1, -0.05) is 36.8 Å². The van der Waals surface area contributed by atoms with E-state index in [9.17, 15) is 4.79 Å². The highest BCUT2D eigenvalue weighted by Crippen LogP contribution is 2.24. The molecule has 0 atom stereocenters. The molecule has 0 aromatic heterocycles. The average molecular weight is 327 g/mol. The van der Waals surface area contributed by atoms with Crippen molar-refractivity contribution in [2.75, 3.05) is 11.9 Å². The van der Waals surface area contributed by atoms with Crippen molar-refractivity contribution in [1.82, 2.24) is 0 Å². The molecular weight excluding hydrogens is 302 g/mol. The number of hydrogen-bond donors (Lipinski definition) is 1. The van der Waals surface area contributed by atoms with Crippen molar-refractivity contribution < 1.29 is 14.3 Å². The van der Waals surface area contributed by atoms with E-state index in [0.29, 0.717) is 13.2 Å². The maximum atomic E-state index is 11.8. The minimum absolute atomic E-state index is 0.341. The first-order chi connectivity index (χ1) is 11.5. The van der Waals surface area contributed by atoms with Crippen LogP contribution in [0.3, 0.4) is 0 Å². The summed E-state index contributed by atoms with van der Waals surface area (Å²) in [5, 5.41) is 2.81. The molecule has 0 bridgehead atoms. The summed E-state index contributed by atoms with van der Waals surface area (Å²) in [5.41, 5.74) is 5.10. The zero-order valence-corrected chi connectivity index (χ0v) is 14.8. The Hall–Kier alpha value is -2.49. The second-order valence-corrected chi connectivity index (χ2v) is 5.75. The van der Waals surface area contributed by atoms with E-state index in [0.717, 1.165) is 34.5 Å². The normalized spacial score (nSPS) is 10.3. The Balaban J connectivity index is 2.17. The van der Waals surface area contributed by atoms with Gasteiger partial charge in [-0.25, -0.2) is 4.79 Å². The maximum Gasteiger partial charge on any atom is 0.411 e. The van der Waals surface area contributed by atoms with Gasteiger partial charge in [0.25, 0.3) is 0 Å². The number of rotatable bonds is 6. The van der Waals surface area contributed by atoms with E-state index in [1.165, 1.54) is 5.56 Å². The van der Waals surface area contributed by atoms with Crippen LogP contribution in [0.25, 0.3) is 0 Å². The molecule has 0 heterocycles. The number of ether oxygens (including phenoxy) is 2. The summed E-state index contributed by atoms with van der Waals surface area (Å²) in [7, 11) is 0. The highest BCUT2D eigenvalue weighted by molar-refractivity contribution is 5.85. The van der Waals surface area contributed by atoms with E-state index in [1.54, 1.807) is 6.92 Å². The van der Waals surface area contributed by atoms with Gasteiger partial charge in [0.2, 0.25) is 0 Å². The molecule has 1 amide bonds. The van der Waals surface area contributed by atoms with Gasteiger partial charge in [0.05, 0.1) is 12.3 Å². The van der Waals surface area contributed by atoms with Crippen LogP contribution < -0.4 is 10.1 Å². The van der Waals surface area contributed by atoms with Crippen molar-refractivity contribution in [2.24, 2.45) is 0 Å². The van der Waals surface area contributed by atoms with Crippen LogP contribution in [0.15, 0.2) is 36.4 Å². The summed E-state index contributed by atoms with van der Waals surface area (Å²) in [6.45, 7) is 8.67. The molecule has 0 radical (unpaired) electrons. The van der Waals surface area contributed by atoms with Gasteiger partial charge in [-0.3, -0.25) is 5.32 Å². The molecule has 2 rings (SSSR count). The molecule has 0 unspecified atom stereocenters. The molecule has 1 N–H and O–H groups in total. The van der Waals surface area contributed by atoms with Gasteiger partial charge >= 0.3 is 6.09 Å². The van der Waals surface area contributed by atoms with Crippen molar-refractivity contribution in [3.8, 4) is 5.75 Å². The second kappa shape index (κ2) is 8.39. The molecule has 4 nitrogen and oxygen atoms in total. The predicted molar refractivity (Wildman–Crippen MR) is 96.7 cm³/mol. The van der Waals surface area contributed by atoms with Crippen LogP contribution in [0.2, 0.25) is 0 Å². The Morgan fingerprint density at radius 3 is 2.54 bits per heavy atom.